The van der Waals surface area contributed by atoms with Gasteiger partial charge < -0.3 is 32.9 Å². The van der Waals surface area contributed by atoms with Crippen molar-refractivity contribution < 1.29 is 27.2 Å². The van der Waals surface area contributed by atoms with Crippen LogP contribution in [0.4, 0.5) is 5.82 Å². The van der Waals surface area contributed by atoms with Gasteiger partial charge in [0.2, 0.25) is 0 Å². The molecule has 2 aliphatic rings. The topological polar surface area (TPSA) is 125 Å². The molecule has 0 amide bonds. The lowest BCUT2D eigenvalue weighted by Crippen LogP contribution is -2.54. The Labute approximate surface area is 301 Å². The van der Waals surface area contributed by atoms with Crippen LogP contribution in [0.5, 0.6) is 0 Å². The van der Waals surface area contributed by atoms with E-state index in [4.69, 9.17) is 67.9 Å². The number of ether oxygens (including phenoxy) is 1. The quantitative estimate of drug-likeness (QED) is 0.166. The first-order chi connectivity index (χ1) is 22.1. The molecule has 0 bridgehead atoms. The molecule has 17 heteroatoms. The number of anilines is 1. The van der Waals surface area contributed by atoms with E-state index in [9.17, 15) is 0 Å². The zero-order chi connectivity index (χ0) is 35.4. The van der Waals surface area contributed by atoms with E-state index in [1.807, 2.05) is 4.57 Å². The molecule has 5 rings (SSSR count). The maximum Gasteiger partial charge on any atom is 0.327 e. The van der Waals surface area contributed by atoms with Crippen LogP contribution in [0.15, 0.2) is 30.9 Å². The molecule has 0 aliphatic carbocycles. The molecule has 2 saturated heterocycles. The van der Waals surface area contributed by atoms with Crippen LogP contribution in [0, 0.1) is 0 Å². The fraction of sp³-hybridized carbons (Fsp3) is 0.645. The third kappa shape index (κ3) is 7.90. The van der Waals surface area contributed by atoms with Gasteiger partial charge >= 0.3 is 6.72 Å². The number of aromatic nitrogens is 4. The number of nitrogens with zero attached hydrogens (tertiary/aromatic N) is 4. The van der Waals surface area contributed by atoms with E-state index in [1.54, 1.807) is 24.5 Å². The van der Waals surface area contributed by atoms with Crippen LogP contribution in [0.3, 0.4) is 0 Å². The predicted octanol–water partition coefficient (Wildman–Crippen LogP) is 8.81. The fourth-order valence-corrected chi connectivity index (χ4v) is 10.3. The summed E-state index contributed by atoms with van der Waals surface area (Å²) < 4.78 is 42.0. The molecule has 2 N–H and O–H groups in total. The number of hydrogen-bond acceptors (Lipinski definition) is 11. The summed E-state index contributed by atoms with van der Waals surface area (Å²) in [5, 5.41) is 0.919. The van der Waals surface area contributed by atoms with Gasteiger partial charge in [0, 0.05) is 22.0 Å². The van der Waals surface area contributed by atoms with Crippen molar-refractivity contribution >= 4 is 75.3 Å². The van der Waals surface area contributed by atoms with E-state index in [-0.39, 0.29) is 22.5 Å². The van der Waals surface area contributed by atoms with Gasteiger partial charge in [-0.05, 0) is 66.3 Å². The van der Waals surface area contributed by atoms with Crippen molar-refractivity contribution in [1.82, 2.24) is 19.5 Å². The second kappa shape index (κ2) is 13.8. The first kappa shape index (κ1) is 38.2. The highest BCUT2D eigenvalue weighted by Crippen LogP contribution is 2.58. The maximum absolute atomic E-state index is 7.22. The minimum Gasteiger partial charge on any atom is -0.408 e. The lowest BCUT2D eigenvalue weighted by Gasteiger charge is -2.44. The second-order valence-electron chi connectivity index (χ2n) is 15.5. The van der Waals surface area contributed by atoms with Gasteiger partial charge in [0.05, 0.1) is 25.6 Å². The molecule has 4 heterocycles. The van der Waals surface area contributed by atoms with Gasteiger partial charge in [0.25, 0.3) is 0 Å². The van der Waals surface area contributed by atoms with E-state index in [1.165, 1.54) is 6.33 Å². The number of nitrogen functional groups attached to an aromatic ring is 1. The van der Waals surface area contributed by atoms with Gasteiger partial charge in [-0.3, -0.25) is 4.57 Å². The average molecular weight is 777 g/mol. The minimum atomic E-state index is -3.23. The molecule has 2 unspecified atom stereocenters. The summed E-state index contributed by atoms with van der Waals surface area (Å²) in [5.74, 6) is 0.284. The zero-order valence-corrected chi connectivity index (χ0v) is 34.5. The minimum absolute atomic E-state index is 0.0458. The van der Waals surface area contributed by atoms with Crippen molar-refractivity contribution in [3.8, 4) is 0 Å². The molecule has 48 heavy (non-hydrogen) atoms. The van der Waals surface area contributed by atoms with Crippen LogP contribution in [0.2, 0.25) is 46.3 Å². The van der Waals surface area contributed by atoms with Crippen molar-refractivity contribution in [1.29, 1.82) is 0 Å². The van der Waals surface area contributed by atoms with Gasteiger partial charge in [0.1, 0.15) is 30.2 Å². The molecule has 11 nitrogen and oxygen atoms in total. The number of rotatable bonds is 9. The van der Waals surface area contributed by atoms with Gasteiger partial charge in [-0.15, -0.1) is 0 Å². The van der Waals surface area contributed by atoms with E-state index in [2.05, 4.69) is 82.7 Å². The van der Waals surface area contributed by atoms with Gasteiger partial charge in [-0.25, -0.2) is 15.0 Å². The summed E-state index contributed by atoms with van der Waals surface area (Å²) in [7, 11) is -4.77. The Kier molecular flexibility index (Phi) is 11.0. The SMILES string of the molecule is CC(C)(C)[Si](C)(C)O[C@@H]1[C@H](O[Si](C)(C)C(C)(C)C)[C@@H](COP2(=S)OCCC(c3cc(Cl)ccc3Cl)O2)O[C@H]1n1cnc2c(N)ncnc21. The molecule has 0 saturated carbocycles. The van der Waals surface area contributed by atoms with Crippen LogP contribution in [0.25, 0.3) is 11.2 Å². The highest BCUT2D eigenvalue weighted by Gasteiger charge is 2.55. The Hall–Kier alpha value is -1.01. The molecular weight excluding hydrogens is 728 g/mol. The van der Waals surface area contributed by atoms with E-state index < -0.39 is 54.0 Å². The highest BCUT2D eigenvalue weighted by molar-refractivity contribution is 8.07. The lowest BCUT2D eigenvalue weighted by atomic mass is 10.1. The van der Waals surface area contributed by atoms with Crippen molar-refractivity contribution in [2.24, 2.45) is 0 Å². The number of nitrogens with two attached hydrogens (primary N) is 1. The number of benzene rings is 1. The average Bonchev–Trinajstić information content (AvgIpc) is 3.54. The first-order valence-electron chi connectivity index (χ1n) is 16.1. The van der Waals surface area contributed by atoms with Gasteiger partial charge in [0.15, 0.2) is 34.3 Å². The Bertz CT molecular complexity index is 1690. The third-order valence-corrected chi connectivity index (χ3v) is 21.9. The van der Waals surface area contributed by atoms with Crippen molar-refractivity contribution in [2.75, 3.05) is 18.9 Å². The van der Waals surface area contributed by atoms with E-state index >= 15 is 0 Å². The van der Waals surface area contributed by atoms with Crippen LogP contribution < -0.4 is 5.73 Å². The van der Waals surface area contributed by atoms with Gasteiger partial charge in [-0.1, -0.05) is 64.7 Å². The largest absolute Gasteiger partial charge is 0.408 e. The molecule has 1 aromatic carbocycles. The second-order valence-corrected chi connectivity index (χ2v) is 28.8. The monoisotopic (exact) mass is 775 g/mol. The molecular formula is C31H48Cl2N5O6PSSi2. The Morgan fingerprint density at radius 1 is 1.00 bits per heavy atom. The van der Waals surface area contributed by atoms with Crippen molar-refractivity contribution in [3.63, 3.8) is 0 Å². The molecule has 0 spiro atoms. The standard InChI is InChI=1S/C31H48Cl2N5O6PSSi2/c1-30(2,3)47(7,8)43-25-23(16-40-45(46)39-14-13-22(42-45)20-15-19(32)11-12-21(20)33)41-29(26(25)44-48(9,10)31(4,5)6)38-18-37-24-27(34)35-17-36-28(24)38/h11-12,15,17-18,22-23,25-26,29H,13-14,16H2,1-10H3,(H2,34,35,36)/t22?,23-,25-,26-,29-,45?/m1/s1. The van der Waals surface area contributed by atoms with Crippen LogP contribution in [-0.4, -0.2) is 67.7 Å². The predicted molar refractivity (Wildman–Crippen MR) is 199 cm³/mol. The van der Waals surface area contributed by atoms with Crippen LogP contribution in [-0.2, 0) is 39.0 Å². The van der Waals surface area contributed by atoms with Gasteiger partial charge in [-0.2, -0.15) is 0 Å². The summed E-state index contributed by atoms with van der Waals surface area (Å²) >= 11 is 18.7. The van der Waals surface area contributed by atoms with Crippen LogP contribution in [0.1, 0.15) is 65.9 Å². The number of imidazole rings is 1. The van der Waals surface area contributed by atoms with E-state index in [0.717, 1.165) is 5.56 Å². The smallest absolute Gasteiger partial charge is 0.327 e. The summed E-state index contributed by atoms with van der Waals surface area (Å²) in [4.78, 5) is 13.2. The molecule has 2 fully saturated rings. The van der Waals surface area contributed by atoms with Crippen molar-refractivity contribution in [3.05, 3.63) is 46.5 Å². The Morgan fingerprint density at radius 2 is 1.65 bits per heavy atom. The van der Waals surface area contributed by atoms with Crippen molar-refractivity contribution in [2.45, 2.75) is 115 Å². The Balaban J connectivity index is 1.52. The summed E-state index contributed by atoms with van der Waals surface area (Å²) in [6.07, 6.45) is 0.907. The molecule has 6 atom stereocenters. The van der Waals surface area contributed by atoms with Crippen LogP contribution >= 0.6 is 29.9 Å². The fourth-order valence-electron chi connectivity index (χ4n) is 5.14. The lowest BCUT2D eigenvalue weighted by molar-refractivity contribution is -0.0515. The highest BCUT2D eigenvalue weighted by atomic mass is 35.5. The summed E-state index contributed by atoms with van der Waals surface area (Å²) in [5.41, 5.74) is 7.95. The molecule has 2 aromatic heterocycles. The van der Waals surface area contributed by atoms with E-state index in [0.29, 0.717) is 34.2 Å². The number of halogens is 2. The normalized spacial score (nSPS) is 27.5. The molecule has 0 radical (unpaired) electrons. The number of hydrogen-bond donors (Lipinski definition) is 1. The maximum atomic E-state index is 7.22. The summed E-state index contributed by atoms with van der Waals surface area (Å²) in [6, 6.07) is 5.28. The molecule has 266 valence electrons. The Morgan fingerprint density at radius 3 is 2.29 bits per heavy atom. The zero-order valence-electron chi connectivity index (χ0n) is 29.3. The third-order valence-electron chi connectivity index (χ3n) is 10.0. The molecule has 3 aromatic rings. The summed E-state index contributed by atoms with van der Waals surface area (Å²) in [6.45, 7) is 19.3. The number of fused-ring (bicyclic) bond motifs is 1. The first-order valence-corrected chi connectivity index (χ1v) is 25.2. The molecule has 2 aliphatic heterocycles.